The maximum absolute atomic E-state index is 6.19. The van der Waals surface area contributed by atoms with Crippen molar-refractivity contribution >= 4 is 35.6 Å². The summed E-state index contributed by atoms with van der Waals surface area (Å²) in [5.41, 5.74) is 9.02. The van der Waals surface area contributed by atoms with E-state index in [-0.39, 0.29) is 24.0 Å². The van der Waals surface area contributed by atoms with Crippen LogP contribution in [-0.2, 0) is 6.42 Å². The molecule has 2 aliphatic rings. The molecule has 128 valence electrons. The zero-order valence-electron chi connectivity index (χ0n) is 14.2. The van der Waals surface area contributed by atoms with Gasteiger partial charge in [0.1, 0.15) is 0 Å². The molecule has 0 bridgehead atoms. The van der Waals surface area contributed by atoms with Crippen molar-refractivity contribution in [3.63, 3.8) is 0 Å². The first kappa shape index (κ1) is 18.4. The van der Waals surface area contributed by atoms with Crippen LogP contribution in [0.25, 0.3) is 0 Å². The molecule has 2 N–H and O–H groups in total. The van der Waals surface area contributed by atoms with Gasteiger partial charge in [-0.05, 0) is 43.7 Å². The van der Waals surface area contributed by atoms with Crippen molar-refractivity contribution in [1.82, 2.24) is 4.90 Å². The Morgan fingerprint density at radius 2 is 1.96 bits per heavy atom. The number of nitrogens with zero attached hydrogens (tertiary/aromatic N) is 3. The van der Waals surface area contributed by atoms with Crippen LogP contribution >= 0.6 is 24.0 Å². The van der Waals surface area contributed by atoms with E-state index in [1.807, 2.05) is 0 Å². The van der Waals surface area contributed by atoms with Gasteiger partial charge >= 0.3 is 0 Å². The van der Waals surface area contributed by atoms with Gasteiger partial charge in [-0.15, -0.1) is 24.0 Å². The van der Waals surface area contributed by atoms with Crippen LogP contribution in [0.4, 0.5) is 5.69 Å². The minimum atomic E-state index is 0. The first-order valence-electron chi connectivity index (χ1n) is 8.54. The van der Waals surface area contributed by atoms with Crippen LogP contribution in [0.15, 0.2) is 29.3 Å². The number of anilines is 1. The zero-order chi connectivity index (χ0) is 15.5. The first-order chi connectivity index (χ1) is 10.6. The number of aliphatic imine (C=N–C) groups is 1. The van der Waals surface area contributed by atoms with Crippen molar-refractivity contribution in [1.29, 1.82) is 0 Å². The molecule has 1 unspecified atom stereocenters. The Morgan fingerprint density at radius 3 is 2.70 bits per heavy atom. The SMILES string of the molecule is CC1CCN(C(N)=NCC(C)N2CCc3ccccc32)CC1.I. The molecule has 0 radical (unpaired) electrons. The molecule has 2 heterocycles. The number of halogens is 1. The van der Waals surface area contributed by atoms with Crippen molar-refractivity contribution in [3.05, 3.63) is 29.8 Å². The van der Waals surface area contributed by atoms with Crippen LogP contribution in [-0.4, -0.2) is 43.1 Å². The minimum Gasteiger partial charge on any atom is -0.370 e. The minimum absolute atomic E-state index is 0. The molecule has 4 nitrogen and oxygen atoms in total. The monoisotopic (exact) mass is 428 g/mol. The highest BCUT2D eigenvalue weighted by Gasteiger charge is 2.23. The fraction of sp³-hybridized carbons (Fsp3) is 0.611. The molecule has 0 amide bonds. The van der Waals surface area contributed by atoms with Gasteiger partial charge in [0.15, 0.2) is 5.96 Å². The van der Waals surface area contributed by atoms with Gasteiger partial charge in [0, 0.05) is 31.4 Å². The van der Waals surface area contributed by atoms with Gasteiger partial charge in [-0.25, -0.2) is 0 Å². The Balaban J connectivity index is 0.00000192. The molecule has 3 rings (SSSR count). The van der Waals surface area contributed by atoms with Crippen LogP contribution in [0.5, 0.6) is 0 Å². The summed E-state index contributed by atoms with van der Waals surface area (Å²) in [5.74, 6) is 1.55. The molecule has 1 aromatic rings. The predicted molar refractivity (Wildman–Crippen MR) is 109 cm³/mol. The number of likely N-dealkylation sites (tertiary alicyclic amines) is 1. The second-order valence-electron chi connectivity index (χ2n) is 6.79. The van der Waals surface area contributed by atoms with Crippen LogP contribution in [0, 0.1) is 5.92 Å². The second kappa shape index (κ2) is 8.22. The number of piperidine rings is 1. The van der Waals surface area contributed by atoms with Gasteiger partial charge in [0.2, 0.25) is 0 Å². The number of hydrogen-bond acceptors (Lipinski definition) is 2. The van der Waals surface area contributed by atoms with Gasteiger partial charge in [0.05, 0.1) is 6.54 Å². The highest BCUT2D eigenvalue weighted by molar-refractivity contribution is 14.0. The smallest absolute Gasteiger partial charge is 0.191 e. The maximum atomic E-state index is 6.19. The average molecular weight is 428 g/mol. The summed E-state index contributed by atoms with van der Waals surface area (Å²) in [4.78, 5) is 9.37. The first-order valence-corrected chi connectivity index (χ1v) is 8.54. The topological polar surface area (TPSA) is 44.9 Å². The molecule has 2 aliphatic heterocycles. The lowest BCUT2D eigenvalue weighted by Crippen LogP contribution is -2.43. The third-order valence-electron chi connectivity index (χ3n) is 5.08. The molecule has 0 spiro atoms. The Hall–Kier alpha value is -0.980. The lowest BCUT2D eigenvalue weighted by molar-refractivity contribution is 0.277. The third kappa shape index (κ3) is 4.31. The van der Waals surface area contributed by atoms with E-state index in [0.29, 0.717) is 6.04 Å². The summed E-state index contributed by atoms with van der Waals surface area (Å²) in [5, 5.41) is 0. The van der Waals surface area contributed by atoms with Crippen molar-refractivity contribution in [2.24, 2.45) is 16.6 Å². The molecular formula is C18H29IN4. The van der Waals surface area contributed by atoms with E-state index in [4.69, 9.17) is 5.73 Å². The lowest BCUT2D eigenvalue weighted by atomic mass is 10.00. The van der Waals surface area contributed by atoms with E-state index in [2.05, 4.69) is 52.9 Å². The molecule has 0 aromatic heterocycles. The standard InChI is InChI=1S/C18H28N4.HI/c1-14-7-10-21(11-8-14)18(19)20-13-15(2)22-12-9-16-5-3-4-6-17(16)22;/h3-6,14-15H,7-13H2,1-2H3,(H2,19,20);1H. The van der Waals surface area contributed by atoms with E-state index in [0.717, 1.165) is 44.5 Å². The number of nitrogens with two attached hydrogens (primary N) is 1. The van der Waals surface area contributed by atoms with Crippen LogP contribution in [0.1, 0.15) is 32.3 Å². The van der Waals surface area contributed by atoms with Crippen LogP contribution in [0.3, 0.4) is 0 Å². The Morgan fingerprint density at radius 1 is 1.26 bits per heavy atom. The van der Waals surface area contributed by atoms with E-state index < -0.39 is 0 Å². The third-order valence-corrected chi connectivity index (χ3v) is 5.08. The van der Waals surface area contributed by atoms with E-state index in [9.17, 15) is 0 Å². The summed E-state index contributed by atoms with van der Waals surface area (Å²) in [6.45, 7) is 8.53. The zero-order valence-corrected chi connectivity index (χ0v) is 16.6. The summed E-state index contributed by atoms with van der Waals surface area (Å²) in [6, 6.07) is 9.09. The number of rotatable bonds is 3. The molecule has 1 atom stereocenters. The van der Waals surface area contributed by atoms with E-state index in [1.165, 1.54) is 24.1 Å². The van der Waals surface area contributed by atoms with Gasteiger partial charge in [-0.3, -0.25) is 4.99 Å². The summed E-state index contributed by atoms with van der Waals surface area (Å²) < 4.78 is 0. The normalized spacial score (nSPS) is 20.2. The summed E-state index contributed by atoms with van der Waals surface area (Å²) in [7, 11) is 0. The van der Waals surface area contributed by atoms with Crippen molar-refractivity contribution < 1.29 is 0 Å². The number of benzene rings is 1. The Bertz CT molecular complexity index is 538. The molecule has 0 saturated carbocycles. The Labute approximate surface area is 157 Å². The van der Waals surface area contributed by atoms with Gasteiger partial charge < -0.3 is 15.5 Å². The molecule has 0 aliphatic carbocycles. The van der Waals surface area contributed by atoms with Crippen molar-refractivity contribution in [2.75, 3.05) is 31.1 Å². The maximum Gasteiger partial charge on any atom is 0.191 e. The van der Waals surface area contributed by atoms with Crippen LogP contribution < -0.4 is 10.6 Å². The number of guanidine groups is 1. The Kier molecular flexibility index (Phi) is 6.56. The molecule has 1 aromatic carbocycles. The van der Waals surface area contributed by atoms with Crippen molar-refractivity contribution in [3.8, 4) is 0 Å². The molecular weight excluding hydrogens is 399 g/mol. The molecule has 23 heavy (non-hydrogen) atoms. The fourth-order valence-electron chi connectivity index (χ4n) is 3.48. The number of para-hydroxylation sites is 1. The van der Waals surface area contributed by atoms with Crippen molar-refractivity contribution in [2.45, 2.75) is 39.2 Å². The molecule has 1 saturated heterocycles. The largest absolute Gasteiger partial charge is 0.370 e. The second-order valence-corrected chi connectivity index (χ2v) is 6.79. The lowest BCUT2D eigenvalue weighted by Gasteiger charge is -2.31. The van der Waals surface area contributed by atoms with E-state index in [1.54, 1.807) is 0 Å². The quantitative estimate of drug-likeness (QED) is 0.457. The van der Waals surface area contributed by atoms with Crippen LogP contribution in [0.2, 0.25) is 0 Å². The average Bonchev–Trinajstić information content (AvgIpc) is 2.97. The number of hydrogen-bond donors (Lipinski definition) is 1. The highest BCUT2D eigenvalue weighted by Crippen LogP contribution is 2.29. The molecule has 5 heteroatoms. The summed E-state index contributed by atoms with van der Waals surface area (Å²) in [6.07, 6.45) is 3.60. The molecule has 1 fully saturated rings. The highest BCUT2D eigenvalue weighted by atomic mass is 127. The number of fused-ring (bicyclic) bond motifs is 1. The van der Waals surface area contributed by atoms with Gasteiger partial charge in [-0.1, -0.05) is 25.1 Å². The fourth-order valence-corrected chi connectivity index (χ4v) is 3.48. The summed E-state index contributed by atoms with van der Waals surface area (Å²) >= 11 is 0. The van der Waals surface area contributed by atoms with Gasteiger partial charge in [0.25, 0.3) is 0 Å². The van der Waals surface area contributed by atoms with Gasteiger partial charge in [-0.2, -0.15) is 0 Å². The predicted octanol–water partition coefficient (Wildman–Crippen LogP) is 3.10. The van der Waals surface area contributed by atoms with E-state index >= 15 is 0 Å².